The monoisotopic (exact) mass is 260 g/mol. The summed E-state index contributed by atoms with van der Waals surface area (Å²) in [5.74, 6) is -0.607. The molecule has 0 aromatic heterocycles. The summed E-state index contributed by atoms with van der Waals surface area (Å²) < 4.78 is 13.3. The van der Waals surface area contributed by atoms with Gasteiger partial charge in [-0.1, -0.05) is 41.9 Å². The highest BCUT2D eigenvalue weighted by Gasteiger charge is 2.06. The van der Waals surface area contributed by atoms with E-state index in [4.69, 9.17) is 11.6 Å². The smallest absolute Gasteiger partial charge is 0.187 e. The normalized spacial score (nSPS) is 10.8. The first-order valence-corrected chi connectivity index (χ1v) is 5.78. The summed E-state index contributed by atoms with van der Waals surface area (Å²) in [6, 6.07) is 13.0. The molecule has 0 spiro atoms. The van der Waals surface area contributed by atoms with Gasteiger partial charge in [0, 0.05) is 11.1 Å². The highest BCUT2D eigenvalue weighted by atomic mass is 35.5. The van der Waals surface area contributed by atoms with Crippen LogP contribution < -0.4 is 0 Å². The maximum atomic E-state index is 13.3. The van der Waals surface area contributed by atoms with E-state index >= 15 is 0 Å². The molecule has 0 unspecified atom stereocenters. The molecule has 0 atom stereocenters. The van der Waals surface area contributed by atoms with Gasteiger partial charge in [-0.25, -0.2) is 4.39 Å². The molecular formula is C15H10ClFO. The SMILES string of the molecule is O=C(C=Cc1ccccc1F)c1ccccc1Cl. The third-order valence-electron chi connectivity index (χ3n) is 2.46. The van der Waals surface area contributed by atoms with E-state index in [-0.39, 0.29) is 11.6 Å². The van der Waals surface area contributed by atoms with E-state index in [0.29, 0.717) is 16.1 Å². The maximum Gasteiger partial charge on any atom is 0.187 e. The second kappa shape index (κ2) is 5.61. The van der Waals surface area contributed by atoms with Crippen LogP contribution in [0.3, 0.4) is 0 Å². The van der Waals surface area contributed by atoms with Gasteiger partial charge in [-0.3, -0.25) is 4.79 Å². The molecule has 18 heavy (non-hydrogen) atoms. The van der Waals surface area contributed by atoms with Crippen molar-refractivity contribution in [1.29, 1.82) is 0 Å². The molecule has 0 saturated heterocycles. The van der Waals surface area contributed by atoms with Crippen molar-refractivity contribution in [3.8, 4) is 0 Å². The summed E-state index contributed by atoms with van der Waals surface area (Å²) in [5.41, 5.74) is 0.782. The number of halogens is 2. The summed E-state index contributed by atoms with van der Waals surface area (Å²) >= 11 is 5.90. The van der Waals surface area contributed by atoms with E-state index in [1.54, 1.807) is 42.5 Å². The van der Waals surface area contributed by atoms with Gasteiger partial charge in [0.25, 0.3) is 0 Å². The van der Waals surface area contributed by atoms with Gasteiger partial charge in [-0.15, -0.1) is 0 Å². The molecule has 0 aliphatic rings. The van der Waals surface area contributed by atoms with Gasteiger partial charge in [0.05, 0.1) is 5.02 Å². The second-order valence-electron chi connectivity index (χ2n) is 3.70. The Bertz CT molecular complexity index is 605. The molecule has 0 bridgehead atoms. The van der Waals surface area contributed by atoms with Crippen LogP contribution in [0.4, 0.5) is 4.39 Å². The second-order valence-corrected chi connectivity index (χ2v) is 4.11. The number of carbonyl (C=O) groups excluding carboxylic acids is 1. The molecule has 0 aliphatic carbocycles. The summed E-state index contributed by atoms with van der Waals surface area (Å²) in [5, 5.41) is 0.390. The van der Waals surface area contributed by atoms with Crippen LogP contribution >= 0.6 is 11.6 Å². The molecular weight excluding hydrogens is 251 g/mol. The van der Waals surface area contributed by atoms with Crippen molar-refractivity contribution < 1.29 is 9.18 Å². The number of hydrogen-bond acceptors (Lipinski definition) is 1. The van der Waals surface area contributed by atoms with Crippen LogP contribution in [0, 0.1) is 5.82 Å². The van der Waals surface area contributed by atoms with Gasteiger partial charge < -0.3 is 0 Å². The molecule has 2 rings (SSSR count). The third-order valence-corrected chi connectivity index (χ3v) is 2.79. The van der Waals surface area contributed by atoms with Gasteiger partial charge in [-0.2, -0.15) is 0 Å². The molecule has 2 aromatic rings. The molecule has 0 fully saturated rings. The Morgan fingerprint density at radius 1 is 1.06 bits per heavy atom. The van der Waals surface area contributed by atoms with Crippen molar-refractivity contribution in [2.24, 2.45) is 0 Å². The predicted molar refractivity (Wildman–Crippen MR) is 71.2 cm³/mol. The van der Waals surface area contributed by atoms with Gasteiger partial charge >= 0.3 is 0 Å². The minimum atomic E-state index is -0.360. The van der Waals surface area contributed by atoms with E-state index in [9.17, 15) is 9.18 Å². The van der Waals surface area contributed by atoms with Crippen molar-refractivity contribution in [1.82, 2.24) is 0 Å². The van der Waals surface area contributed by atoms with Gasteiger partial charge in [0.1, 0.15) is 5.82 Å². The lowest BCUT2D eigenvalue weighted by atomic mass is 10.1. The first kappa shape index (κ1) is 12.5. The Morgan fingerprint density at radius 2 is 1.72 bits per heavy atom. The fraction of sp³-hybridized carbons (Fsp3) is 0. The van der Waals surface area contributed by atoms with Crippen LogP contribution in [0.25, 0.3) is 6.08 Å². The molecule has 1 nitrogen and oxygen atoms in total. The quantitative estimate of drug-likeness (QED) is 0.591. The highest BCUT2D eigenvalue weighted by molar-refractivity contribution is 6.34. The summed E-state index contributed by atoms with van der Waals surface area (Å²) in [6.07, 6.45) is 2.76. The van der Waals surface area contributed by atoms with Crippen molar-refractivity contribution in [2.45, 2.75) is 0 Å². The standard InChI is InChI=1S/C15H10ClFO/c16-13-7-3-2-6-12(13)15(18)10-9-11-5-1-4-8-14(11)17/h1-10H. The lowest BCUT2D eigenvalue weighted by Gasteiger charge is -1.99. The average Bonchev–Trinajstić information content (AvgIpc) is 2.38. The van der Waals surface area contributed by atoms with E-state index in [1.807, 2.05) is 0 Å². The number of carbonyl (C=O) groups is 1. The summed E-state index contributed by atoms with van der Waals surface area (Å²) in [6.45, 7) is 0. The lowest BCUT2D eigenvalue weighted by Crippen LogP contribution is -1.95. The van der Waals surface area contributed by atoms with Gasteiger partial charge in [0.15, 0.2) is 5.78 Å². The fourth-order valence-electron chi connectivity index (χ4n) is 1.53. The van der Waals surface area contributed by atoms with Crippen LogP contribution in [0.5, 0.6) is 0 Å². The third kappa shape index (κ3) is 2.84. The number of hydrogen-bond donors (Lipinski definition) is 0. The zero-order valence-electron chi connectivity index (χ0n) is 9.44. The van der Waals surface area contributed by atoms with Crippen molar-refractivity contribution >= 4 is 23.5 Å². The zero-order chi connectivity index (χ0) is 13.0. The molecule has 2 aromatic carbocycles. The van der Waals surface area contributed by atoms with Crippen LogP contribution in [-0.4, -0.2) is 5.78 Å². The first-order valence-electron chi connectivity index (χ1n) is 5.40. The van der Waals surface area contributed by atoms with Crippen LogP contribution in [0.15, 0.2) is 54.6 Å². The van der Waals surface area contributed by atoms with Gasteiger partial charge in [0.2, 0.25) is 0 Å². The number of rotatable bonds is 3. The molecule has 90 valence electrons. The Kier molecular flexibility index (Phi) is 3.90. The molecule has 0 amide bonds. The molecule has 0 saturated carbocycles. The molecule has 0 radical (unpaired) electrons. The molecule has 0 heterocycles. The topological polar surface area (TPSA) is 17.1 Å². The Morgan fingerprint density at radius 3 is 2.44 bits per heavy atom. The number of ketones is 1. The summed E-state index contributed by atoms with van der Waals surface area (Å²) in [4.78, 5) is 11.9. The number of benzene rings is 2. The average molecular weight is 261 g/mol. The van der Waals surface area contributed by atoms with Crippen LogP contribution in [-0.2, 0) is 0 Å². The van der Waals surface area contributed by atoms with Crippen molar-refractivity contribution in [2.75, 3.05) is 0 Å². The summed E-state index contributed by atoms with van der Waals surface area (Å²) in [7, 11) is 0. The molecule has 3 heteroatoms. The largest absolute Gasteiger partial charge is 0.289 e. The Hall–Kier alpha value is -1.93. The van der Waals surface area contributed by atoms with Crippen LogP contribution in [0.2, 0.25) is 5.02 Å². The predicted octanol–water partition coefficient (Wildman–Crippen LogP) is 4.38. The van der Waals surface area contributed by atoms with Gasteiger partial charge in [-0.05, 0) is 30.4 Å². The fourth-order valence-corrected chi connectivity index (χ4v) is 1.76. The van der Waals surface area contributed by atoms with E-state index in [1.165, 1.54) is 18.2 Å². The first-order chi connectivity index (χ1) is 8.68. The zero-order valence-corrected chi connectivity index (χ0v) is 10.2. The van der Waals surface area contributed by atoms with Crippen molar-refractivity contribution in [3.63, 3.8) is 0 Å². The highest BCUT2D eigenvalue weighted by Crippen LogP contribution is 2.16. The van der Waals surface area contributed by atoms with Crippen LogP contribution in [0.1, 0.15) is 15.9 Å². The van der Waals surface area contributed by atoms with E-state index < -0.39 is 0 Å². The minimum absolute atomic E-state index is 0.246. The number of allylic oxidation sites excluding steroid dienone is 1. The maximum absolute atomic E-state index is 13.3. The van der Waals surface area contributed by atoms with E-state index in [2.05, 4.69) is 0 Å². The Labute approximate surface area is 110 Å². The van der Waals surface area contributed by atoms with Crippen molar-refractivity contribution in [3.05, 3.63) is 76.6 Å². The molecule has 0 aliphatic heterocycles. The van der Waals surface area contributed by atoms with E-state index in [0.717, 1.165) is 0 Å². The lowest BCUT2D eigenvalue weighted by molar-refractivity contribution is 0.104. The Balaban J connectivity index is 2.23. The molecule has 0 N–H and O–H groups in total. The minimum Gasteiger partial charge on any atom is -0.289 e.